The van der Waals surface area contributed by atoms with Crippen molar-refractivity contribution >= 4 is 13.7 Å². The smallest absolute Gasteiger partial charge is 0.371 e. The van der Waals surface area contributed by atoms with Crippen LogP contribution in [0, 0.1) is 11.6 Å². The number of benzene rings is 2. The van der Waals surface area contributed by atoms with E-state index in [0.29, 0.717) is 5.56 Å². The molecule has 2 aromatic carbocycles. The highest BCUT2D eigenvalue weighted by atomic mass is 28.4. The number of halogens is 2. The first-order valence-corrected chi connectivity index (χ1v) is 8.75. The van der Waals surface area contributed by atoms with Crippen molar-refractivity contribution in [3.63, 3.8) is 0 Å². The van der Waals surface area contributed by atoms with Crippen molar-refractivity contribution in [2.24, 2.45) is 0 Å². The van der Waals surface area contributed by atoms with E-state index in [4.69, 9.17) is 8.85 Å². The quantitative estimate of drug-likeness (QED) is 0.786. The number of hydrogen-bond acceptors (Lipinski definition) is 2. The molecule has 0 aromatic heterocycles. The van der Waals surface area contributed by atoms with E-state index in [1.165, 1.54) is 6.07 Å². The lowest BCUT2D eigenvalue weighted by Gasteiger charge is -2.26. The minimum absolute atomic E-state index is 0.638. The normalized spacial score (nSPS) is 11.7. The maximum absolute atomic E-state index is 13.3. The van der Waals surface area contributed by atoms with Gasteiger partial charge in [-0.05, 0) is 34.5 Å². The second-order valence-electron chi connectivity index (χ2n) is 4.72. The Labute approximate surface area is 124 Å². The van der Waals surface area contributed by atoms with Crippen molar-refractivity contribution in [1.29, 1.82) is 0 Å². The molecule has 0 atom stereocenters. The number of rotatable bonds is 5. The highest BCUT2D eigenvalue weighted by molar-refractivity contribution is 6.81. The fraction of sp³-hybridized carbons (Fsp3) is 0.250. The first-order valence-electron chi connectivity index (χ1n) is 6.72. The van der Waals surface area contributed by atoms with Crippen LogP contribution in [0.1, 0.15) is 6.92 Å². The van der Waals surface area contributed by atoms with Crippen LogP contribution in [0.4, 0.5) is 8.78 Å². The van der Waals surface area contributed by atoms with Crippen LogP contribution in [-0.2, 0) is 8.85 Å². The summed E-state index contributed by atoms with van der Waals surface area (Å²) in [6.07, 6.45) is 0. The molecular formula is C16H18F2O2Si. The minimum Gasteiger partial charge on any atom is -0.394 e. The van der Waals surface area contributed by atoms with E-state index in [1.807, 2.05) is 31.2 Å². The van der Waals surface area contributed by atoms with Crippen molar-refractivity contribution in [2.75, 3.05) is 14.2 Å². The Bertz CT molecular complexity index is 602. The Morgan fingerprint density at radius 3 is 1.90 bits per heavy atom. The third-order valence-corrected chi connectivity index (χ3v) is 7.17. The molecule has 112 valence electrons. The molecule has 5 heteroatoms. The van der Waals surface area contributed by atoms with Crippen molar-refractivity contribution in [3.8, 4) is 11.1 Å². The second-order valence-corrected chi connectivity index (χ2v) is 8.33. The molecule has 0 fully saturated rings. The summed E-state index contributed by atoms with van der Waals surface area (Å²) in [5.74, 6) is -1.69. The van der Waals surface area contributed by atoms with Gasteiger partial charge in [0.1, 0.15) is 0 Å². The lowest BCUT2D eigenvalue weighted by Crippen LogP contribution is -2.51. The molecule has 2 aromatic rings. The lowest BCUT2D eigenvalue weighted by atomic mass is 10.1. The molecule has 2 rings (SSSR count). The Morgan fingerprint density at radius 1 is 0.857 bits per heavy atom. The van der Waals surface area contributed by atoms with Crippen LogP contribution < -0.4 is 5.19 Å². The van der Waals surface area contributed by atoms with Crippen LogP contribution in [0.5, 0.6) is 0 Å². The van der Waals surface area contributed by atoms with E-state index < -0.39 is 20.2 Å². The third kappa shape index (κ3) is 3.05. The van der Waals surface area contributed by atoms with Gasteiger partial charge in [-0.1, -0.05) is 37.3 Å². The van der Waals surface area contributed by atoms with E-state index >= 15 is 0 Å². The molecule has 0 radical (unpaired) electrons. The van der Waals surface area contributed by atoms with Gasteiger partial charge < -0.3 is 8.85 Å². The van der Waals surface area contributed by atoms with Crippen LogP contribution in [0.15, 0.2) is 42.5 Å². The van der Waals surface area contributed by atoms with Gasteiger partial charge in [-0.25, -0.2) is 8.78 Å². The van der Waals surface area contributed by atoms with Gasteiger partial charge in [0.15, 0.2) is 11.6 Å². The predicted octanol–water partition coefficient (Wildman–Crippen LogP) is 3.59. The summed E-state index contributed by atoms with van der Waals surface area (Å²) in [6, 6.07) is 12.3. The minimum atomic E-state index is -2.37. The van der Waals surface area contributed by atoms with Gasteiger partial charge in [-0.2, -0.15) is 0 Å². The Morgan fingerprint density at radius 2 is 1.43 bits per heavy atom. The zero-order valence-corrected chi connectivity index (χ0v) is 13.3. The van der Waals surface area contributed by atoms with Crippen LogP contribution in [0.2, 0.25) is 6.04 Å². The summed E-state index contributed by atoms with van der Waals surface area (Å²) in [5.41, 5.74) is 1.46. The fourth-order valence-electron chi connectivity index (χ4n) is 2.40. The SMILES string of the molecule is CC[Si](OC)(OC)c1ccc(-c2ccc(F)c(F)c2)cc1. The van der Waals surface area contributed by atoms with Gasteiger partial charge in [0.25, 0.3) is 0 Å². The molecule has 0 N–H and O–H groups in total. The van der Waals surface area contributed by atoms with Gasteiger partial charge in [0, 0.05) is 14.2 Å². The Kier molecular flexibility index (Phi) is 4.87. The van der Waals surface area contributed by atoms with Gasteiger partial charge >= 0.3 is 8.56 Å². The van der Waals surface area contributed by atoms with Gasteiger partial charge in [-0.3, -0.25) is 0 Å². The first-order chi connectivity index (χ1) is 10.1. The summed E-state index contributed by atoms with van der Waals surface area (Å²) < 4.78 is 37.5. The zero-order chi connectivity index (χ0) is 15.5. The van der Waals surface area contributed by atoms with Crippen molar-refractivity contribution < 1.29 is 17.6 Å². The molecular weight excluding hydrogens is 290 g/mol. The molecule has 0 aliphatic carbocycles. The molecule has 0 unspecified atom stereocenters. The predicted molar refractivity (Wildman–Crippen MR) is 81.7 cm³/mol. The van der Waals surface area contributed by atoms with Crippen molar-refractivity contribution in [1.82, 2.24) is 0 Å². The second kappa shape index (κ2) is 6.47. The summed E-state index contributed by atoms with van der Waals surface area (Å²) in [7, 11) is 0.939. The van der Waals surface area contributed by atoms with E-state index in [0.717, 1.165) is 22.9 Å². The fourth-order valence-corrected chi connectivity index (χ4v) is 4.70. The largest absolute Gasteiger partial charge is 0.394 e. The van der Waals surface area contributed by atoms with E-state index in [2.05, 4.69) is 0 Å². The maximum atomic E-state index is 13.3. The molecule has 2 nitrogen and oxygen atoms in total. The molecule has 0 aliphatic rings. The van der Waals surface area contributed by atoms with Gasteiger partial charge in [-0.15, -0.1) is 0 Å². The van der Waals surface area contributed by atoms with Gasteiger partial charge in [0.2, 0.25) is 0 Å². The molecule has 0 amide bonds. The van der Waals surface area contributed by atoms with Crippen LogP contribution in [0.25, 0.3) is 11.1 Å². The molecule has 0 spiro atoms. The van der Waals surface area contributed by atoms with Crippen LogP contribution in [0.3, 0.4) is 0 Å². The topological polar surface area (TPSA) is 18.5 Å². The Hall–Kier alpha value is -1.56. The molecule has 0 bridgehead atoms. The van der Waals surface area contributed by atoms with E-state index in [1.54, 1.807) is 20.3 Å². The average Bonchev–Trinajstić information content (AvgIpc) is 2.53. The average molecular weight is 308 g/mol. The molecule has 0 aliphatic heterocycles. The Balaban J connectivity index is 2.36. The highest BCUT2D eigenvalue weighted by Gasteiger charge is 2.35. The van der Waals surface area contributed by atoms with Crippen molar-refractivity contribution in [3.05, 3.63) is 54.1 Å². The summed E-state index contributed by atoms with van der Waals surface area (Å²) >= 11 is 0. The highest BCUT2D eigenvalue weighted by Crippen LogP contribution is 2.22. The molecule has 21 heavy (non-hydrogen) atoms. The standard InChI is InChI=1S/C16H18F2O2Si/c1-4-21(19-2,20-3)14-8-5-12(6-9-14)13-7-10-15(17)16(18)11-13/h5-11H,4H2,1-3H3. The van der Waals surface area contributed by atoms with E-state index in [9.17, 15) is 8.78 Å². The van der Waals surface area contributed by atoms with Crippen LogP contribution >= 0.6 is 0 Å². The third-order valence-electron chi connectivity index (χ3n) is 3.70. The first kappa shape index (κ1) is 15.8. The maximum Gasteiger partial charge on any atom is 0.371 e. The monoisotopic (exact) mass is 308 g/mol. The summed E-state index contributed by atoms with van der Waals surface area (Å²) in [6.45, 7) is 2.03. The molecule has 0 saturated heterocycles. The summed E-state index contributed by atoms with van der Waals surface area (Å²) in [4.78, 5) is 0. The van der Waals surface area contributed by atoms with E-state index in [-0.39, 0.29) is 0 Å². The molecule has 0 heterocycles. The zero-order valence-electron chi connectivity index (χ0n) is 12.3. The number of hydrogen-bond donors (Lipinski definition) is 0. The summed E-state index contributed by atoms with van der Waals surface area (Å²) in [5, 5.41) is 1.02. The van der Waals surface area contributed by atoms with Gasteiger partial charge in [0.05, 0.1) is 0 Å². The molecule has 0 saturated carbocycles. The lowest BCUT2D eigenvalue weighted by molar-refractivity contribution is 0.259. The van der Waals surface area contributed by atoms with Crippen LogP contribution in [-0.4, -0.2) is 22.8 Å². The van der Waals surface area contributed by atoms with Crippen molar-refractivity contribution in [2.45, 2.75) is 13.0 Å².